The molecule has 0 aliphatic heterocycles. The number of hydrogen-bond donors (Lipinski definition) is 0. The monoisotopic (exact) mass is 249 g/mol. The van der Waals surface area contributed by atoms with E-state index in [2.05, 4.69) is 10.1 Å². The number of hydrogen-bond acceptors (Lipinski definition) is 2. The first-order chi connectivity index (χ1) is 8.33. The molecule has 0 N–H and O–H groups in total. The molecule has 4 heteroatoms. The van der Waals surface area contributed by atoms with Crippen molar-refractivity contribution in [3.05, 3.63) is 29.2 Å². The first-order valence-corrected chi connectivity index (χ1v) is 6.70. The Balaban J connectivity index is 1.84. The third kappa shape index (κ3) is 2.29. The van der Waals surface area contributed by atoms with E-state index in [1.807, 2.05) is 12.1 Å². The SMILES string of the molecule is Clc1cc(CC2CCCCC2)nc2ccnn12. The zero-order valence-electron chi connectivity index (χ0n) is 9.77. The van der Waals surface area contributed by atoms with E-state index in [-0.39, 0.29) is 0 Å². The molecule has 0 unspecified atom stereocenters. The van der Waals surface area contributed by atoms with Crippen molar-refractivity contribution in [1.82, 2.24) is 14.6 Å². The smallest absolute Gasteiger partial charge is 0.156 e. The number of nitrogens with zero attached hydrogens (tertiary/aromatic N) is 3. The quantitative estimate of drug-likeness (QED) is 0.763. The molecular weight excluding hydrogens is 234 g/mol. The van der Waals surface area contributed by atoms with Crippen LogP contribution >= 0.6 is 11.6 Å². The highest BCUT2D eigenvalue weighted by Gasteiger charge is 2.15. The van der Waals surface area contributed by atoms with Gasteiger partial charge in [-0.1, -0.05) is 43.7 Å². The summed E-state index contributed by atoms with van der Waals surface area (Å²) >= 11 is 6.18. The highest BCUT2D eigenvalue weighted by Crippen LogP contribution is 2.27. The van der Waals surface area contributed by atoms with Gasteiger partial charge in [-0.2, -0.15) is 5.10 Å². The molecule has 2 heterocycles. The molecule has 2 aromatic heterocycles. The van der Waals surface area contributed by atoms with Crippen molar-refractivity contribution in [2.24, 2.45) is 5.92 Å². The largest absolute Gasteiger partial charge is 0.233 e. The Morgan fingerprint density at radius 1 is 1.29 bits per heavy atom. The van der Waals surface area contributed by atoms with Gasteiger partial charge in [-0.05, 0) is 18.4 Å². The van der Waals surface area contributed by atoms with E-state index < -0.39 is 0 Å². The molecule has 3 nitrogen and oxygen atoms in total. The molecule has 17 heavy (non-hydrogen) atoms. The van der Waals surface area contributed by atoms with Crippen molar-refractivity contribution < 1.29 is 0 Å². The lowest BCUT2D eigenvalue weighted by Crippen LogP contribution is -2.10. The first-order valence-electron chi connectivity index (χ1n) is 6.32. The van der Waals surface area contributed by atoms with Gasteiger partial charge in [0, 0.05) is 11.8 Å². The molecule has 1 aliphatic rings. The van der Waals surface area contributed by atoms with Crippen LogP contribution in [0.5, 0.6) is 0 Å². The van der Waals surface area contributed by atoms with E-state index in [9.17, 15) is 0 Å². The van der Waals surface area contributed by atoms with Crippen molar-refractivity contribution in [2.45, 2.75) is 38.5 Å². The minimum absolute atomic E-state index is 0.658. The van der Waals surface area contributed by atoms with Gasteiger partial charge in [-0.15, -0.1) is 0 Å². The van der Waals surface area contributed by atoms with E-state index in [0.717, 1.165) is 23.7 Å². The summed E-state index contributed by atoms with van der Waals surface area (Å²) in [6.45, 7) is 0. The molecule has 0 radical (unpaired) electrons. The van der Waals surface area contributed by atoms with E-state index in [1.54, 1.807) is 10.7 Å². The first kappa shape index (κ1) is 11.0. The lowest BCUT2D eigenvalue weighted by molar-refractivity contribution is 0.354. The lowest BCUT2D eigenvalue weighted by Gasteiger charge is -2.21. The third-order valence-corrected chi connectivity index (χ3v) is 3.86. The second-order valence-electron chi connectivity index (χ2n) is 4.88. The van der Waals surface area contributed by atoms with Gasteiger partial charge in [0.1, 0.15) is 5.15 Å². The van der Waals surface area contributed by atoms with Gasteiger partial charge in [-0.3, -0.25) is 0 Å². The molecule has 1 aliphatic carbocycles. The fourth-order valence-electron chi connectivity index (χ4n) is 2.72. The van der Waals surface area contributed by atoms with E-state index in [4.69, 9.17) is 11.6 Å². The highest BCUT2D eigenvalue weighted by atomic mass is 35.5. The molecule has 2 aromatic rings. The molecule has 0 bridgehead atoms. The maximum Gasteiger partial charge on any atom is 0.156 e. The summed E-state index contributed by atoms with van der Waals surface area (Å²) in [7, 11) is 0. The standard InChI is InChI=1S/C13H16ClN3/c14-12-9-11(8-10-4-2-1-3-5-10)16-13-6-7-15-17(12)13/h6-7,9-10H,1-5,8H2. The topological polar surface area (TPSA) is 30.2 Å². The van der Waals surface area contributed by atoms with Crippen LogP contribution < -0.4 is 0 Å². The third-order valence-electron chi connectivity index (χ3n) is 3.59. The van der Waals surface area contributed by atoms with Crippen LogP contribution in [-0.4, -0.2) is 14.6 Å². The molecular formula is C13H16ClN3. The second kappa shape index (κ2) is 4.65. The summed E-state index contributed by atoms with van der Waals surface area (Å²) < 4.78 is 1.67. The van der Waals surface area contributed by atoms with Crippen LogP contribution in [0.25, 0.3) is 5.65 Å². The van der Waals surface area contributed by atoms with Gasteiger partial charge in [0.25, 0.3) is 0 Å². The van der Waals surface area contributed by atoms with Gasteiger partial charge in [-0.25, -0.2) is 9.50 Å². The van der Waals surface area contributed by atoms with Gasteiger partial charge < -0.3 is 0 Å². The van der Waals surface area contributed by atoms with Gasteiger partial charge in [0.2, 0.25) is 0 Å². The van der Waals surface area contributed by atoms with Crippen molar-refractivity contribution in [3.63, 3.8) is 0 Å². The van der Waals surface area contributed by atoms with E-state index in [1.165, 1.54) is 32.1 Å². The van der Waals surface area contributed by atoms with Crippen molar-refractivity contribution in [2.75, 3.05) is 0 Å². The Labute approximate surface area is 106 Å². The van der Waals surface area contributed by atoms with Crippen molar-refractivity contribution >= 4 is 17.2 Å². The van der Waals surface area contributed by atoms with Crippen LogP contribution in [0, 0.1) is 5.92 Å². The summed E-state index contributed by atoms with van der Waals surface area (Å²) in [5.41, 5.74) is 1.96. The lowest BCUT2D eigenvalue weighted by atomic mass is 9.86. The highest BCUT2D eigenvalue weighted by molar-refractivity contribution is 6.29. The van der Waals surface area contributed by atoms with Crippen molar-refractivity contribution in [3.8, 4) is 0 Å². The van der Waals surface area contributed by atoms with Crippen LogP contribution in [0.3, 0.4) is 0 Å². The van der Waals surface area contributed by atoms with Gasteiger partial charge in [0.05, 0.1) is 6.20 Å². The average molecular weight is 250 g/mol. The number of fused-ring (bicyclic) bond motifs is 1. The van der Waals surface area contributed by atoms with Crippen molar-refractivity contribution in [1.29, 1.82) is 0 Å². The molecule has 3 rings (SSSR count). The summed E-state index contributed by atoms with van der Waals surface area (Å²) in [4.78, 5) is 4.61. The Morgan fingerprint density at radius 2 is 2.12 bits per heavy atom. The minimum atomic E-state index is 0.658. The van der Waals surface area contributed by atoms with Crippen LogP contribution in [-0.2, 0) is 6.42 Å². The zero-order chi connectivity index (χ0) is 11.7. The summed E-state index contributed by atoms with van der Waals surface area (Å²) in [5.74, 6) is 0.790. The Morgan fingerprint density at radius 3 is 2.94 bits per heavy atom. The minimum Gasteiger partial charge on any atom is -0.233 e. The molecule has 0 saturated heterocycles. The fourth-order valence-corrected chi connectivity index (χ4v) is 2.97. The van der Waals surface area contributed by atoms with Gasteiger partial charge >= 0.3 is 0 Å². The van der Waals surface area contributed by atoms with Crippen LogP contribution in [0.15, 0.2) is 18.3 Å². The Bertz CT molecular complexity index is 514. The normalized spacial score (nSPS) is 17.7. The van der Waals surface area contributed by atoms with E-state index >= 15 is 0 Å². The van der Waals surface area contributed by atoms with Crippen LogP contribution in [0.2, 0.25) is 5.15 Å². The molecule has 1 fully saturated rings. The summed E-state index contributed by atoms with van der Waals surface area (Å²) in [5, 5.41) is 4.79. The molecule has 0 spiro atoms. The van der Waals surface area contributed by atoms with E-state index in [0.29, 0.717) is 5.15 Å². The molecule has 0 aromatic carbocycles. The van der Waals surface area contributed by atoms with Crippen LogP contribution in [0.4, 0.5) is 0 Å². The number of rotatable bonds is 2. The molecule has 90 valence electrons. The number of halogens is 1. The average Bonchev–Trinajstić information content (AvgIpc) is 2.79. The second-order valence-corrected chi connectivity index (χ2v) is 5.27. The predicted octanol–water partition coefficient (Wildman–Crippen LogP) is 3.51. The molecule has 1 saturated carbocycles. The van der Waals surface area contributed by atoms with Crippen LogP contribution in [0.1, 0.15) is 37.8 Å². The predicted molar refractivity (Wildman–Crippen MR) is 68.3 cm³/mol. The fraction of sp³-hybridized carbons (Fsp3) is 0.538. The number of aromatic nitrogens is 3. The Hall–Kier alpha value is -1.09. The summed E-state index contributed by atoms with van der Waals surface area (Å²) in [6.07, 6.45) is 9.60. The van der Waals surface area contributed by atoms with Gasteiger partial charge in [0.15, 0.2) is 5.65 Å². The molecule has 0 amide bonds. The molecule has 0 atom stereocenters. The maximum atomic E-state index is 6.18. The summed E-state index contributed by atoms with van der Waals surface area (Å²) in [6, 6.07) is 3.85. The Kier molecular flexibility index (Phi) is 3.02. The maximum absolute atomic E-state index is 6.18. The zero-order valence-corrected chi connectivity index (χ0v) is 10.5.